The van der Waals surface area contributed by atoms with Crippen molar-refractivity contribution in [1.29, 1.82) is 0 Å². The maximum Gasteiger partial charge on any atom is 0.343 e. The second-order valence-corrected chi connectivity index (χ2v) is 8.40. The molecule has 0 N–H and O–H groups in total. The van der Waals surface area contributed by atoms with Crippen molar-refractivity contribution < 1.29 is 17.9 Å². The fourth-order valence-corrected chi connectivity index (χ4v) is 4.19. The van der Waals surface area contributed by atoms with Gasteiger partial charge >= 0.3 is 5.97 Å². The third-order valence-electron chi connectivity index (χ3n) is 4.28. The average Bonchev–Trinajstić information content (AvgIpc) is 3.30. The minimum absolute atomic E-state index is 0.210. The molecule has 0 unspecified atom stereocenters. The van der Waals surface area contributed by atoms with Gasteiger partial charge in [-0.25, -0.2) is 17.9 Å². The summed E-state index contributed by atoms with van der Waals surface area (Å²) in [6.45, 7) is 0. The van der Waals surface area contributed by atoms with Crippen LogP contribution in [0.2, 0.25) is 0 Å². The highest BCUT2D eigenvalue weighted by Gasteiger charge is 2.16. The fourth-order valence-electron chi connectivity index (χ4n) is 2.83. The van der Waals surface area contributed by atoms with E-state index in [9.17, 15) is 13.2 Å². The molecule has 0 saturated heterocycles. The van der Waals surface area contributed by atoms with Crippen LogP contribution in [-0.2, 0) is 15.6 Å². The Labute approximate surface area is 172 Å². The van der Waals surface area contributed by atoms with E-state index in [1.807, 2.05) is 0 Å². The molecule has 0 amide bonds. The molecule has 1 heterocycles. The van der Waals surface area contributed by atoms with Crippen LogP contribution in [0.5, 0.6) is 5.75 Å². The van der Waals surface area contributed by atoms with Crippen LogP contribution in [0.4, 0.5) is 0 Å². The number of benzene rings is 3. The van der Waals surface area contributed by atoms with Gasteiger partial charge in [-0.1, -0.05) is 30.3 Å². The van der Waals surface area contributed by atoms with E-state index in [1.54, 1.807) is 72.8 Å². The summed E-state index contributed by atoms with van der Waals surface area (Å²) in [5.74, 6) is -0.443. The van der Waals surface area contributed by atoms with Crippen molar-refractivity contribution in [2.45, 2.75) is 10.6 Å². The monoisotopic (exact) mass is 420 g/mol. The van der Waals surface area contributed by atoms with Crippen LogP contribution in [-0.4, -0.2) is 34.6 Å². The van der Waals surface area contributed by atoms with Crippen LogP contribution in [0.25, 0.3) is 5.69 Å². The molecule has 30 heavy (non-hydrogen) atoms. The second kappa shape index (κ2) is 8.26. The molecule has 0 radical (unpaired) electrons. The lowest BCUT2D eigenvalue weighted by Crippen LogP contribution is -2.10. The summed E-state index contributed by atoms with van der Waals surface area (Å²) in [6, 6.07) is 21.3. The molecule has 0 aliphatic rings. The van der Waals surface area contributed by atoms with E-state index >= 15 is 0 Å². The van der Waals surface area contributed by atoms with Crippen LogP contribution >= 0.6 is 0 Å². The maximum atomic E-state index is 12.6. The van der Waals surface area contributed by atoms with Crippen LogP contribution in [0.1, 0.15) is 15.9 Å². The zero-order valence-corrected chi connectivity index (χ0v) is 16.4. The van der Waals surface area contributed by atoms with E-state index < -0.39 is 15.8 Å². The smallest absolute Gasteiger partial charge is 0.343 e. The molecule has 0 atom stereocenters. The lowest BCUT2D eigenvalue weighted by atomic mass is 10.1. The number of tetrazole rings is 1. The van der Waals surface area contributed by atoms with E-state index in [4.69, 9.17) is 4.74 Å². The summed E-state index contributed by atoms with van der Waals surface area (Å²) >= 11 is 0. The molecule has 0 fully saturated rings. The largest absolute Gasteiger partial charge is 0.423 e. The van der Waals surface area contributed by atoms with Crippen LogP contribution in [0.15, 0.2) is 90.1 Å². The normalized spacial score (nSPS) is 11.2. The molecular formula is C21H16N4O4S. The number of carbonyl (C=O) groups excluding carboxylic acids is 1. The van der Waals surface area contributed by atoms with Gasteiger partial charge < -0.3 is 4.74 Å². The zero-order valence-electron chi connectivity index (χ0n) is 15.6. The van der Waals surface area contributed by atoms with Crippen molar-refractivity contribution in [3.63, 3.8) is 0 Å². The predicted octanol–water partition coefficient (Wildman–Crippen LogP) is 2.86. The third-order valence-corrected chi connectivity index (χ3v) is 5.99. The molecule has 3 aromatic carbocycles. The van der Waals surface area contributed by atoms with Crippen molar-refractivity contribution >= 4 is 15.8 Å². The first-order valence-corrected chi connectivity index (χ1v) is 10.6. The van der Waals surface area contributed by atoms with Crippen molar-refractivity contribution in [2.75, 3.05) is 0 Å². The highest BCUT2D eigenvalue weighted by atomic mass is 32.2. The average molecular weight is 420 g/mol. The fraction of sp³-hybridized carbons (Fsp3) is 0.0476. The Bertz CT molecular complexity index is 1260. The Morgan fingerprint density at radius 2 is 1.70 bits per heavy atom. The van der Waals surface area contributed by atoms with E-state index in [1.165, 1.54) is 17.1 Å². The number of sulfone groups is 1. The minimum atomic E-state index is -3.51. The van der Waals surface area contributed by atoms with Gasteiger partial charge in [-0.15, -0.1) is 5.10 Å². The number of hydrogen-bond acceptors (Lipinski definition) is 7. The molecule has 0 aliphatic heterocycles. The molecule has 9 heteroatoms. The van der Waals surface area contributed by atoms with Crippen LogP contribution < -0.4 is 4.74 Å². The second-order valence-electron chi connectivity index (χ2n) is 6.41. The topological polar surface area (TPSA) is 104 Å². The number of ether oxygens (including phenoxy) is 1. The Morgan fingerprint density at radius 1 is 0.933 bits per heavy atom. The Kier molecular flexibility index (Phi) is 5.36. The summed E-state index contributed by atoms with van der Waals surface area (Å²) in [7, 11) is -3.51. The molecule has 1 aromatic heterocycles. The molecule has 0 spiro atoms. The SMILES string of the molecule is O=C(Oc1ccc(-n2cnnn2)cc1)c1cccc(CS(=O)(=O)c2ccccc2)c1. The van der Waals surface area contributed by atoms with Gasteiger partial charge in [-0.2, -0.15) is 0 Å². The molecule has 8 nitrogen and oxygen atoms in total. The number of hydrogen-bond donors (Lipinski definition) is 0. The number of esters is 1. The summed E-state index contributed by atoms with van der Waals surface area (Å²) in [4.78, 5) is 12.7. The van der Waals surface area contributed by atoms with Gasteiger partial charge in [0.05, 0.1) is 21.9 Å². The van der Waals surface area contributed by atoms with Gasteiger partial charge in [0, 0.05) is 0 Å². The molecule has 150 valence electrons. The summed E-state index contributed by atoms with van der Waals surface area (Å²) in [5, 5.41) is 10.9. The molecule has 4 rings (SSSR count). The highest BCUT2D eigenvalue weighted by molar-refractivity contribution is 7.90. The first-order chi connectivity index (χ1) is 14.5. The number of carbonyl (C=O) groups is 1. The molecule has 0 saturated carbocycles. The lowest BCUT2D eigenvalue weighted by molar-refractivity contribution is 0.0734. The van der Waals surface area contributed by atoms with Gasteiger partial charge in [0.25, 0.3) is 0 Å². The van der Waals surface area contributed by atoms with Gasteiger partial charge in [0.1, 0.15) is 12.1 Å². The predicted molar refractivity (Wildman–Crippen MR) is 108 cm³/mol. The third kappa shape index (κ3) is 4.41. The van der Waals surface area contributed by atoms with Gasteiger partial charge in [-0.3, -0.25) is 0 Å². The number of nitrogens with zero attached hydrogens (tertiary/aromatic N) is 4. The van der Waals surface area contributed by atoms with E-state index in [0.29, 0.717) is 17.0 Å². The van der Waals surface area contributed by atoms with Crippen molar-refractivity contribution in [3.05, 3.63) is 96.3 Å². The Morgan fingerprint density at radius 3 is 2.40 bits per heavy atom. The molecular weight excluding hydrogens is 404 g/mol. The quantitative estimate of drug-likeness (QED) is 0.349. The van der Waals surface area contributed by atoms with E-state index in [-0.39, 0.29) is 16.2 Å². The summed E-state index contributed by atoms with van der Waals surface area (Å²) in [5.41, 5.74) is 1.48. The van der Waals surface area contributed by atoms with Crippen molar-refractivity contribution in [3.8, 4) is 11.4 Å². The zero-order chi connectivity index (χ0) is 21.0. The molecule has 4 aromatic rings. The first-order valence-electron chi connectivity index (χ1n) is 8.94. The Balaban J connectivity index is 1.47. The van der Waals surface area contributed by atoms with Gasteiger partial charge in [0.2, 0.25) is 0 Å². The summed E-state index contributed by atoms with van der Waals surface area (Å²) in [6.07, 6.45) is 1.45. The van der Waals surface area contributed by atoms with E-state index in [2.05, 4.69) is 15.5 Å². The van der Waals surface area contributed by atoms with Gasteiger partial charge in [0.15, 0.2) is 9.84 Å². The van der Waals surface area contributed by atoms with Crippen LogP contribution in [0, 0.1) is 0 Å². The van der Waals surface area contributed by atoms with E-state index in [0.717, 1.165) is 0 Å². The lowest BCUT2D eigenvalue weighted by Gasteiger charge is -2.08. The maximum absolute atomic E-state index is 12.6. The van der Waals surface area contributed by atoms with Gasteiger partial charge in [-0.05, 0) is 64.5 Å². The standard InChI is InChI=1S/C21H16N4O4S/c26-21(29-19-11-9-18(10-12-19)25-15-22-23-24-25)17-6-4-5-16(13-17)14-30(27,28)20-7-2-1-3-8-20/h1-13,15H,14H2. The molecule has 0 bridgehead atoms. The Hall–Kier alpha value is -3.85. The van der Waals surface area contributed by atoms with Crippen molar-refractivity contribution in [1.82, 2.24) is 20.2 Å². The first kappa shape index (κ1) is 19.5. The van der Waals surface area contributed by atoms with Crippen LogP contribution in [0.3, 0.4) is 0 Å². The highest BCUT2D eigenvalue weighted by Crippen LogP contribution is 2.19. The van der Waals surface area contributed by atoms with Crippen molar-refractivity contribution in [2.24, 2.45) is 0 Å². The minimum Gasteiger partial charge on any atom is -0.423 e. The molecule has 0 aliphatic carbocycles. The summed E-state index contributed by atoms with van der Waals surface area (Å²) < 4.78 is 32.0. The number of rotatable bonds is 6. The number of aromatic nitrogens is 4.